The van der Waals surface area contributed by atoms with E-state index in [1.54, 1.807) is 0 Å². The van der Waals surface area contributed by atoms with Gasteiger partial charge in [0.05, 0.1) is 63.1 Å². The van der Waals surface area contributed by atoms with Gasteiger partial charge in [0.25, 0.3) is 0 Å². The number of ether oxygens (including phenoxy) is 2. The maximum atomic E-state index is 11.6. The van der Waals surface area contributed by atoms with E-state index in [0.29, 0.717) is 39.1 Å². The highest BCUT2D eigenvalue weighted by molar-refractivity contribution is 5.70. The van der Waals surface area contributed by atoms with Crippen molar-refractivity contribution >= 4 is 11.9 Å². The second kappa shape index (κ2) is 17.9. The zero-order valence-corrected chi connectivity index (χ0v) is 17.1. The lowest BCUT2D eigenvalue weighted by Crippen LogP contribution is -2.12. The van der Waals surface area contributed by atoms with E-state index in [9.17, 15) is 9.59 Å². The molecule has 28 heavy (non-hydrogen) atoms. The lowest BCUT2D eigenvalue weighted by Gasteiger charge is -2.08. The van der Waals surface area contributed by atoms with Gasteiger partial charge in [0, 0.05) is 0 Å². The molecule has 156 valence electrons. The van der Waals surface area contributed by atoms with Crippen LogP contribution in [0.25, 0.3) is 0 Å². The van der Waals surface area contributed by atoms with Gasteiger partial charge >= 0.3 is 11.9 Å². The maximum absolute atomic E-state index is 11.6. The Kier molecular flexibility index (Phi) is 16.3. The van der Waals surface area contributed by atoms with E-state index < -0.39 is 11.8 Å². The first kappa shape index (κ1) is 25.5. The van der Waals surface area contributed by atoms with E-state index in [4.69, 9.17) is 20.0 Å². The molecule has 0 aliphatic carbocycles. The second-order valence-corrected chi connectivity index (χ2v) is 6.52. The fraction of sp³-hybridized carbons (Fsp3) is 0.800. The van der Waals surface area contributed by atoms with Crippen LogP contribution < -0.4 is 0 Å². The minimum absolute atomic E-state index is 0.0619. The Morgan fingerprint density at radius 1 is 0.821 bits per heavy atom. The van der Waals surface area contributed by atoms with Crippen molar-refractivity contribution in [2.45, 2.75) is 65.2 Å². The average Bonchev–Trinajstić information content (AvgIpc) is 2.69. The average molecular weight is 393 g/mol. The number of rotatable bonds is 16. The highest BCUT2D eigenvalue weighted by Crippen LogP contribution is 2.11. The minimum Gasteiger partial charge on any atom is -0.466 e. The van der Waals surface area contributed by atoms with Crippen LogP contribution in [0.2, 0.25) is 0 Å². The van der Waals surface area contributed by atoms with Gasteiger partial charge in [-0.15, -0.1) is 0 Å². The first-order valence-electron chi connectivity index (χ1n) is 10.0. The van der Waals surface area contributed by atoms with Crippen LogP contribution >= 0.6 is 0 Å². The van der Waals surface area contributed by atoms with Crippen molar-refractivity contribution in [3.05, 3.63) is 0 Å². The molecule has 0 rings (SSSR count). The highest BCUT2D eigenvalue weighted by Gasteiger charge is 2.15. The lowest BCUT2D eigenvalue weighted by molar-refractivity contribution is -0.145. The van der Waals surface area contributed by atoms with Crippen LogP contribution in [0.5, 0.6) is 0 Å². The molecular weight excluding hydrogens is 360 g/mol. The van der Waals surface area contributed by atoms with Crippen molar-refractivity contribution < 1.29 is 19.1 Å². The molecule has 8 heteroatoms. The Bertz CT molecular complexity index is 503. The third kappa shape index (κ3) is 14.7. The van der Waals surface area contributed by atoms with E-state index in [1.165, 1.54) is 0 Å². The van der Waals surface area contributed by atoms with Crippen LogP contribution in [-0.2, 0) is 19.1 Å². The van der Waals surface area contributed by atoms with Crippen molar-refractivity contribution in [1.82, 2.24) is 0 Å². The van der Waals surface area contributed by atoms with Crippen LogP contribution in [0.1, 0.15) is 65.2 Å². The summed E-state index contributed by atoms with van der Waals surface area (Å²) in [6.45, 7) is 5.45. The van der Waals surface area contributed by atoms with Crippen molar-refractivity contribution in [2.24, 2.45) is 22.1 Å². The Balaban J connectivity index is 3.99. The number of hydrogen-bond acceptors (Lipinski definition) is 8. The molecule has 2 unspecified atom stereocenters. The molecule has 0 spiro atoms. The Morgan fingerprint density at radius 3 is 1.54 bits per heavy atom. The Morgan fingerprint density at radius 2 is 1.21 bits per heavy atom. The van der Waals surface area contributed by atoms with E-state index >= 15 is 0 Å². The lowest BCUT2D eigenvalue weighted by atomic mass is 10.0. The summed E-state index contributed by atoms with van der Waals surface area (Å²) in [5.41, 5.74) is 0. The fourth-order valence-corrected chi connectivity index (χ4v) is 2.17. The first-order valence-corrected chi connectivity index (χ1v) is 10.0. The van der Waals surface area contributed by atoms with Gasteiger partial charge in [-0.3, -0.25) is 9.59 Å². The Hall–Kier alpha value is -2.48. The summed E-state index contributed by atoms with van der Waals surface area (Å²) >= 11 is 0. The molecule has 0 aromatic heterocycles. The van der Waals surface area contributed by atoms with Crippen molar-refractivity contribution in [3.8, 4) is 12.1 Å². The highest BCUT2D eigenvalue weighted by atomic mass is 16.5. The molecule has 2 atom stereocenters. The van der Waals surface area contributed by atoms with Crippen molar-refractivity contribution in [1.29, 1.82) is 10.5 Å². The summed E-state index contributed by atoms with van der Waals surface area (Å²) in [4.78, 5) is 23.2. The van der Waals surface area contributed by atoms with Gasteiger partial charge in [0.1, 0.15) is 0 Å². The number of azo groups is 1. The molecule has 0 N–H and O–H groups in total. The summed E-state index contributed by atoms with van der Waals surface area (Å²) in [5, 5.41) is 26.2. The molecule has 0 radical (unpaired) electrons. The van der Waals surface area contributed by atoms with Crippen LogP contribution in [0, 0.1) is 34.5 Å². The van der Waals surface area contributed by atoms with Gasteiger partial charge in [-0.1, -0.05) is 26.7 Å². The number of carbonyl (C=O) groups is 2. The van der Waals surface area contributed by atoms with Crippen molar-refractivity contribution in [2.75, 3.05) is 26.3 Å². The molecular formula is C20H32N4O4. The largest absolute Gasteiger partial charge is 0.466 e. The van der Waals surface area contributed by atoms with Gasteiger partial charge < -0.3 is 9.47 Å². The molecule has 0 aliphatic rings. The molecule has 8 nitrogen and oxygen atoms in total. The summed E-state index contributed by atoms with van der Waals surface area (Å²) < 4.78 is 10.1. The standard InChI is InChI=1S/C20H32N4O4/c1-3-5-11-27-19(25)13-17(15-21)7-9-23-24-10-8-18(16-22)14-20(26)28-12-6-4-2/h17-18H,3-14H2,1-2H3. The third-order valence-corrected chi connectivity index (χ3v) is 3.97. The fourth-order valence-electron chi connectivity index (χ4n) is 2.17. The smallest absolute Gasteiger partial charge is 0.307 e. The van der Waals surface area contributed by atoms with Gasteiger partial charge in [-0.2, -0.15) is 20.8 Å². The van der Waals surface area contributed by atoms with Gasteiger partial charge in [0.15, 0.2) is 0 Å². The van der Waals surface area contributed by atoms with E-state index in [1.807, 2.05) is 13.8 Å². The number of esters is 2. The second-order valence-electron chi connectivity index (χ2n) is 6.52. The Labute approximate surface area is 167 Å². The zero-order chi connectivity index (χ0) is 21.0. The van der Waals surface area contributed by atoms with Crippen LogP contribution in [0.4, 0.5) is 0 Å². The predicted octanol–water partition coefficient (Wildman–Crippen LogP) is 3.97. The number of hydrogen-bond donors (Lipinski definition) is 0. The van der Waals surface area contributed by atoms with Gasteiger partial charge in [0.2, 0.25) is 0 Å². The van der Waals surface area contributed by atoms with E-state index in [2.05, 4.69) is 22.4 Å². The number of unbranched alkanes of at least 4 members (excludes halogenated alkanes) is 2. The maximum Gasteiger partial charge on any atom is 0.307 e. The summed E-state index contributed by atoms with van der Waals surface area (Å²) in [6, 6.07) is 4.17. The monoisotopic (exact) mass is 392 g/mol. The van der Waals surface area contributed by atoms with E-state index in [0.717, 1.165) is 25.7 Å². The quantitative estimate of drug-likeness (QED) is 0.222. The molecule has 0 saturated heterocycles. The zero-order valence-electron chi connectivity index (χ0n) is 17.1. The molecule has 0 heterocycles. The normalized spacial score (nSPS) is 12.7. The SMILES string of the molecule is CCCCOC(=O)CC(C#N)CCN=NCCC(C#N)CC(=O)OCCCC. The van der Waals surface area contributed by atoms with Gasteiger partial charge in [-0.05, 0) is 25.7 Å². The minimum atomic E-state index is -0.446. The predicted molar refractivity (Wildman–Crippen MR) is 103 cm³/mol. The van der Waals surface area contributed by atoms with Crippen LogP contribution in [0.3, 0.4) is 0 Å². The van der Waals surface area contributed by atoms with E-state index in [-0.39, 0.29) is 24.8 Å². The number of nitrogens with zero attached hydrogens (tertiary/aromatic N) is 4. The summed E-state index contributed by atoms with van der Waals surface area (Å²) in [5.74, 6) is -1.62. The topological polar surface area (TPSA) is 125 Å². The first-order chi connectivity index (χ1) is 13.6. The molecule has 0 aromatic rings. The number of nitriles is 2. The molecule has 0 aromatic carbocycles. The third-order valence-electron chi connectivity index (χ3n) is 3.97. The molecule has 0 amide bonds. The molecule has 0 bridgehead atoms. The summed E-state index contributed by atoms with van der Waals surface area (Å²) in [7, 11) is 0. The molecule has 0 aliphatic heterocycles. The molecule has 0 saturated carbocycles. The number of carbonyl (C=O) groups excluding carboxylic acids is 2. The molecule has 0 fully saturated rings. The van der Waals surface area contributed by atoms with Crippen LogP contribution in [0.15, 0.2) is 10.2 Å². The van der Waals surface area contributed by atoms with Gasteiger partial charge in [-0.25, -0.2) is 0 Å². The summed E-state index contributed by atoms with van der Waals surface area (Å²) in [6.07, 6.45) is 4.50. The van der Waals surface area contributed by atoms with Crippen LogP contribution in [-0.4, -0.2) is 38.2 Å². The van der Waals surface area contributed by atoms with Crippen molar-refractivity contribution in [3.63, 3.8) is 0 Å².